The molecule has 2 aromatic carbocycles. The molecule has 30 heavy (non-hydrogen) atoms. The number of hydrogen-bond donors (Lipinski definition) is 1. The lowest BCUT2D eigenvalue weighted by Gasteiger charge is -2.25. The second kappa shape index (κ2) is 10.3. The fraction of sp³-hybridized carbons (Fsp3) is 0.381. The highest BCUT2D eigenvalue weighted by molar-refractivity contribution is 7.92. The number of nitrogens with zero attached hydrogens (tertiary/aromatic N) is 1. The van der Waals surface area contributed by atoms with Crippen LogP contribution in [-0.2, 0) is 14.8 Å². The minimum absolute atomic E-state index is 0.131. The van der Waals surface area contributed by atoms with Crippen molar-refractivity contribution in [2.75, 3.05) is 25.1 Å². The summed E-state index contributed by atoms with van der Waals surface area (Å²) >= 11 is 0. The van der Waals surface area contributed by atoms with Gasteiger partial charge in [-0.05, 0) is 37.6 Å². The van der Waals surface area contributed by atoms with E-state index >= 15 is 0 Å². The Morgan fingerprint density at radius 2 is 1.80 bits per heavy atom. The Hall–Kier alpha value is -2.81. The van der Waals surface area contributed by atoms with Crippen LogP contribution in [0.5, 0.6) is 11.5 Å². The van der Waals surface area contributed by atoms with Gasteiger partial charge in [0, 0.05) is 12.1 Å². The fourth-order valence-corrected chi connectivity index (χ4v) is 4.46. The predicted molar refractivity (Wildman–Crippen MR) is 113 cm³/mol. The highest BCUT2D eigenvalue weighted by atomic mass is 32.2. The highest BCUT2D eigenvalue weighted by Gasteiger charge is 2.30. The summed E-state index contributed by atoms with van der Waals surface area (Å²) in [6.07, 6.45) is 1.61. The molecule has 9 heteroatoms. The Morgan fingerprint density at radius 3 is 2.40 bits per heavy atom. The van der Waals surface area contributed by atoms with Crippen LogP contribution in [-0.4, -0.2) is 41.1 Å². The molecule has 1 N–H and O–H groups in total. The smallest absolute Gasteiger partial charge is 0.265 e. The van der Waals surface area contributed by atoms with E-state index < -0.39 is 28.3 Å². The largest absolute Gasteiger partial charge is 0.493 e. The zero-order chi connectivity index (χ0) is 22.3. The van der Waals surface area contributed by atoms with Gasteiger partial charge in [-0.3, -0.25) is 9.10 Å². The van der Waals surface area contributed by atoms with Gasteiger partial charge in [-0.15, -0.1) is 0 Å². The van der Waals surface area contributed by atoms with Crippen molar-refractivity contribution in [3.8, 4) is 11.5 Å². The normalized spacial score (nSPS) is 12.2. The predicted octanol–water partition coefficient (Wildman–Crippen LogP) is 3.34. The summed E-state index contributed by atoms with van der Waals surface area (Å²) < 4.78 is 52.4. The Balaban J connectivity index is 2.48. The molecule has 2 aromatic rings. The lowest BCUT2D eigenvalue weighted by Crippen LogP contribution is -2.43. The minimum atomic E-state index is -4.28. The lowest BCUT2D eigenvalue weighted by atomic mass is 10.2. The molecule has 0 fully saturated rings. The van der Waals surface area contributed by atoms with Crippen LogP contribution >= 0.6 is 0 Å². The topological polar surface area (TPSA) is 84.9 Å². The summed E-state index contributed by atoms with van der Waals surface area (Å²) in [6.45, 7) is 3.25. The van der Waals surface area contributed by atoms with E-state index in [0.717, 1.165) is 23.2 Å². The average molecular weight is 439 g/mol. The van der Waals surface area contributed by atoms with E-state index in [1.807, 2.05) is 13.8 Å². The maximum absolute atomic E-state index is 14.5. The van der Waals surface area contributed by atoms with Gasteiger partial charge in [0.1, 0.15) is 12.4 Å². The molecule has 0 bridgehead atoms. The van der Waals surface area contributed by atoms with Crippen molar-refractivity contribution in [3.63, 3.8) is 0 Å². The molecule has 0 heterocycles. The van der Waals surface area contributed by atoms with E-state index in [4.69, 9.17) is 9.47 Å². The summed E-state index contributed by atoms with van der Waals surface area (Å²) in [5.41, 5.74) is -0.217. The Labute approximate surface area is 176 Å². The monoisotopic (exact) mass is 438 g/mol. The number of rotatable bonds is 10. The maximum Gasteiger partial charge on any atom is 0.265 e. The van der Waals surface area contributed by atoms with Crippen molar-refractivity contribution in [1.82, 2.24) is 5.32 Å². The lowest BCUT2D eigenvalue weighted by molar-refractivity contribution is -0.120. The van der Waals surface area contributed by atoms with Gasteiger partial charge >= 0.3 is 0 Å². The molecular formula is C21H27FN2O5S. The Bertz CT molecular complexity index is 981. The highest BCUT2D eigenvalue weighted by Crippen LogP contribution is 2.32. The molecule has 0 spiro atoms. The number of ether oxygens (including phenoxy) is 2. The van der Waals surface area contributed by atoms with Crippen LogP contribution in [0, 0.1) is 5.82 Å². The molecule has 0 saturated carbocycles. The molecule has 7 nitrogen and oxygen atoms in total. The minimum Gasteiger partial charge on any atom is -0.493 e. The van der Waals surface area contributed by atoms with Crippen LogP contribution in [0.1, 0.15) is 26.7 Å². The molecule has 164 valence electrons. The summed E-state index contributed by atoms with van der Waals surface area (Å²) in [4.78, 5) is 12.4. The SMILES string of the molecule is CCCC(C)NC(=O)CN(c1ccccc1F)S(=O)(=O)c1ccc(OC)c(OC)c1. The molecule has 1 atom stereocenters. The van der Waals surface area contributed by atoms with Gasteiger partial charge in [0.25, 0.3) is 10.0 Å². The van der Waals surface area contributed by atoms with Gasteiger partial charge in [0.15, 0.2) is 11.5 Å². The molecule has 0 aliphatic heterocycles. The van der Waals surface area contributed by atoms with Crippen molar-refractivity contribution >= 4 is 21.6 Å². The first kappa shape index (κ1) is 23.5. The molecule has 2 rings (SSSR count). The van der Waals surface area contributed by atoms with E-state index in [9.17, 15) is 17.6 Å². The van der Waals surface area contributed by atoms with E-state index in [-0.39, 0.29) is 22.4 Å². The van der Waals surface area contributed by atoms with Crippen LogP contribution < -0.4 is 19.1 Å². The number of carbonyl (C=O) groups excluding carboxylic acids is 1. The van der Waals surface area contributed by atoms with Crippen molar-refractivity contribution in [3.05, 3.63) is 48.3 Å². The van der Waals surface area contributed by atoms with Crippen molar-refractivity contribution < 1.29 is 27.1 Å². The second-order valence-electron chi connectivity index (χ2n) is 6.74. The average Bonchev–Trinajstić information content (AvgIpc) is 2.72. The van der Waals surface area contributed by atoms with Crippen molar-refractivity contribution in [2.45, 2.75) is 37.6 Å². The zero-order valence-electron chi connectivity index (χ0n) is 17.5. The van der Waals surface area contributed by atoms with Crippen LogP contribution in [0.25, 0.3) is 0 Å². The summed E-state index contributed by atoms with van der Waals surface area (Å²) in [5, 5.41) is 2.75. The molecule has 0 radical (unpaired) electrons. The van der Waals surface area contributed by atoms with Gasteiger partial charge in [-0.1, -0.05) is 25.5 Å². The first-order chi connectivity index (χ1) is 14.2. The molecular weight excluding hydrogens is 411 g/mol. The summed E-state index contributed by atoms with van der Waals surface area (Å²) in [6, 6.07) is 9.32. The van der Waals surface area contributed by atoms with E-state index in [1.165, 1.54) is 50.6 Å². The molecule has 1 unspecified atom stereocenters. The molecule has 0 aromatic heterocycles. The van der Waals surface area contributed by atoms with Crippen LogP contribution in [0.3, 0.4) is 0 Å². The third kappa shape index (κ3) is 5.41. The number of benzene rings is 2. The van der Waals surface area contributed by atoms with E-state index in [1.54, 1.807) is 0 Å². The number of para-hydroxylation sites is 1. The van der Waals surface area contributed by atoms with Crippen LogP contribution in [0.15, 0.2) is 47.4 Å². The van der Waals surface area contributed by atoms with Gasteiger partial charge in [-0.25, -0.2) is 12.8 Å². The van der Waals surface area contributed by atoms with Crippen molar-refractivity contribution in [2.24, 2.45) is 0 Å². The van der Waals surface area contributed by atoms with Gasteiger partial charge in [0.05, 0.1) is 24.8 Å². The number of halogens is 1. The second-order valence-corrected chi connectivity index (χ2v) is 8.60. The van der Waals surface area contributed by atoms with Gasteiger partial charge < -0.3 is 14.8 Å². The van der Waals surface area contributed by atoms with E-state index in [2.05, 4.69) is 5.32 Å². The number of carbonyl (C=O) groups is 1. The number of nitrogens with one attached hydrogen (secondary N) is 1. The maximum atomic E-state index is 14.5. The molecule has 0 aliphatic carbocycles. The first-order valence-electron chi connectivity index (χ1n) is 9.53. The Kier molecular flexibility index (Phi) is 8.05. The standard InChI is InChI=1S/C21H27FN2O5S/c1-5-8-15(2)23-21(25)14-24(18-10-7-6-9-17(18)22)30(26,27)16-11-12-19(28-3)20(13-16)29-4/h6-7,9-13,15H,5,8,14H2,1-4H3,(H,23,25). The molecule has 1 amide bonds. The quantitative estimate of drug-likeness (QED) is 0.615. The number of amides is 1. The number of methoxy groups -OCH3 is 2. The van der Waals surface area contributed by atoms with Crippen LogP contribution in [0.4, 0.5) is 10.1 Å². The third-order valence-corrected chi connectivity index (χ3v) is 6.24. The Morgan fingerprint density at radius 1 is 1.13 bits per heavy atom. The fourth-order valence-electron chi connectivity index (χ4n) is 3.01. The van der Waals surface area contributed by atoms with Crippen molar-refractivity contribution in [1.29, 1.82) is 0 Å². The summed E-state index contributed by atoms with van der Waals surface area (Å²) in [7, 11) is -1.47. The first-order valence-corrected chi connectivity index (χ1v) is 11.0. The zero-order valence-corrected chi connectivity index (χ0v) is 18.3. The third-order valence-electron chi connectivity index (χ3n) is 4.48. The van der Waals surface area contributed by atoms with Crippen LogP contribution in [0.2, 0.25) is 0 Å². The molecule has 0 saturated heterocycles. The number of hydrogen-bond acceptors (Lipinski definition) is 5. The summed E-state index contributed by atoms with van der Waals surface area (Å²) in [5.74, 6) is -0.729. The van der Waals surface area contributed by atoms with Gasteiger partial charge in [0.2, 0.25) is 5.91 Å². The van der Waals surface area contributed by atoms with E-state index in [0.29, 0.717) is 5.75 Å². The number of anilines is 1. The number of sulfonamides is 1. The molecule has 0 aliphatic rings. The van der Waals surface area contributed by atoms with Gasteiger partial charge in [-0.2, -0.15) is 0 Å².